The predicted octanol–water partition coefficient (Wildman–Crippen LogP) is 5.90. The number of allylic oxidation sites excluding steroid dienone is 6. The van der Waals surface area contributed by atoms with Crippen molar-refractivity contribution in [2.24, 2.45) is 0 Å². The topological polar surface area (TPSA) is 46.5 Å². The number of carboxylic acid groups (broad SMARTS) is 1. The Kier molecular flexibility index (Phi) is 6.99. The number of carboxylic acids is 1. The molecule has 2 aromatic carbocycles. The van der Waals surface area contributed by atoms with E-state index in [9.17, 15) is 14.3 Å². The van der Waals surface area contributed by atoms with E-state index in [1.54, 1.807) is 13.3 Å². The van der Waals surface area contributed by atoms with Crippen LogP contribution < -0.4 is 10.2 Å². The van der Waals surface area contributed by atoms with Crippen LogP contribution in [0.25, 0.3) is 5.57 Å². The lowest BCUT2D eigenvalue weighted by Crippen LogP contribution is -2.28. The lowest BCUT2D eigenvalue weighted by molar-refractivity contribution is 0.0693. The zero-order chi connectivity index (χ0) is 23.4. The van der Waals surface area contributed by atoms with Gasteiger partial charge >= 0.3 is 5.97 Å². The van der Waals surface area contributed by atoms with Crippen LogP contribution in [0.1, 0.15) is 46.7 Å². The van der Waals surface area contributed by atoms with E-state index in [2.05, 4.69) is 13.2 Å². The van der Waals surface area contributed by atoms with E-state index in [-0.39, 0.29) is 11.4 Å². The highest BCUT2D eigenvalue weighted by molar-refractivity contribution is 6.56. The van der Waals surface area contributed by atoms with Gasteiger partial charge in [-0.2, -0.15) is 0 Å². The summed E-state index contributed by atoms with van der Waals surface area (Å²) in [6.45, 7) is 14.1. The standard InChI is InChI=1S/C27H25BFO3/c1-6-7-8-10-17(3)24-15-18(4)20-13-16(2)14-21(26(20)32-24)19(5)28-22-11-9-12-23(29)25(22)27(30)31/h6-15,19H,3-4H2,1-2,5H3,(H,30,31)/b7-6-,10-8-. The van der Waals surface area contributed by atoms with Crippen molar-refractivity contribution in [2.45, 2.75) is 26.6 Å². The molecule has 1 heterocycles. The zero-order valence-electron chi connectivity index (χ0n) is 18.5. The fraction of sp³-hybridized carbons (Fsp3) is 0.148. The molecule has 161 valence electrons. The van der Waals surface area contributed by atoms with Crippen LogP contribution >= 0.6 is 0 Å². The predicted molar refractivity (Wildman–Crippen MR) is 129 cm³/mol. The van der Waals surface area contributed by atoms with Crippen molar-refractivity contribution in [3.63, 3.8) is 0 Å². The first-order valence-electron chi connectivity index (χ1n) is 10.3. The lowest BCUT2D eigenvalue weighted by atomic mass is 9.56. The lowest BCUT2D eigenvalue weighted by Gasteiger charge is -2.26. The molecule has 0 saturated carbocycles. The van der Waals surface area contributed by atoms with Crippen molar-refractivity contribution in [2.75, 3.05) is 0 Å². The minimum Gasteiger partial charge on any atom is -0.478 e. The van der Waals surface area contributed by atoms with Gasteiger partial charge in [0.25, 0.3) is 0 Å². The SMILES string of the molecule is C=C(/C=C\C=C/C)C1=CC(=C)c2cc(C)cc(C(C)[B]c3cccc(F)c3C(=O)O)c2O1. The molecule has 3 nitrogen and oxygen atoms in total. The van der Waals surface area contributed by atoms with Gasteiger partial charge in [-0.05, 0) is 54.6 Å². The highest BCUT2D eigenvalue weighted by Crippen LogP contribution is 2.41. The summed E-state index contributed by atoms with van der Waals surface area (Å²) in [4.78, 5) is 11.6. The van der Waals surface area contributed by atoms with Crippen molar-refractivity contribution >= 4 is 24.3 Å². The van der Waals surface area contributed by atoms with Crippen molar-refractivity contribution in [3.05, 3.63) is 113 Å². The quantitative estimate of drug-likeness (QED) is 0.442. The smallest absolute Gasteiger partial charge is 0.338 e. The number of fused-ring (bicyclic) bond motifs is 1. The summed E-state index contributed by atoms with van der Waals surface area (Å²) >= 11 is 0. The van der Waals surface area contributed by atoms with Gasteiger partial charge in [-0.3, -0.25) is 0 Å². The van der Waals surface area contributed by atoms with Crippen LogP contribution in [0.5, 0.6) is 5.75 Å². The number of hydrogen-bond donors (Lipinski definition) is 1. The van der Waals surface area contributed by atoms with Crippen LogP contribution in [0.3, 0.4) is 0 Å². The highest BCUT2D eigenvalue weighted by atomic mass is 19.1. The first-order valence-corrected chi connectivity index (χ1v) is 10.3. The van der Waals surface area contributed by atoms with Crippen LogP contribution in [0.2, 0.25) is 0 Å². The Labute approximate surface area is 189 Å². The molecule has 1 aliphatic heterocycles. The van der Waals surface area contributed by atoms with Crippen molar-refractivity contribution < 1.29 is 19.0 Å². The number of carbonyl (C=O) groups is 1. The highest BCUT2D eigenvalue weighted by Gasteiger charge is 2.25. The minimum absolute atomic E-state index is 0.248. The fourth-order valence-corrected chi connectivity index (χ4v) is 3.65. The first-order chi connectivity index (χ1) is 15.2. The Bertz CT molecular complexity index is 1190. The summed E-state index contributed by atoms with van der Waals surface area (Å²) in [6, 6.07) is 8.26. The first kappa shape index (κ1) is 23.1. The van der Waals surface area contributed by atoms with Crippen LogP contribution in [0.15, 0.2) is 85.2 Å². The maximum atomic E-state index is 14.1. The summed E-state index contributed by atoms with van der Waals surface area (Å²) in [6.07, 6.45) is 9.43. The van der Waals surface area contributed by atoms with E-state index < -0.39 is 11.8 Å². The Morgan fingerprint density at radius 2 is 2.03 bits per heavy atom. The van der Waals surface area contributed by atoms with Gasteiger partial charge in [0.15, 0.2) is 7.28 Å². The normalized spacial score (nSPS) is 14.1. The largest absolute Gasteiger partial charge is 0.478 e. The Morgan fingerprint density at radius 1 is 1.28 bits per heavy atom. The van der Waals surface area contributed by atoms with Crippen LogP contribution in [0, 0.1) is 12.7 Å². The molecule has 1 unspecified atom stereocenters. The maximum absolute atomic E-state index is 14.1. The third-order valence-electron chi connectivity index (χ3n) is 5.22. The Balaban J connectivity index is 1.99. The molecule has 0 spiro atoms. The molecule has 0 aliphatic carbocycles. The second-order valence-corrected chi connectivity index (χ2v) is 7.74. The van der Waals surface area contributed by atoms with E-state index in [4.69, 9.17) is 4.74 Å². The molecule has 0 saturated heterocycles. The number of rotatable bonds is 7. The molecule has 1 aliphatic rings. The molecule has 2 aromatic rings. The molecule has 1 N–H and O–H groups in total. The van der Waals surface area contributed by atoms with Crippen LogP contribution in [-0.2, 0) is 0 Å². The molecule has 32 heavy (non-hydrogen) atoms. The molecule has 0 amide bonds. The third kappa shape index (κ3) is 4.83. The Morgan fingerprint density at radius 3 is 2.72 bits per heavy atom. The van der Waals surface area contributed by atoms with Gasteiger partial charge in [0, 0.05) is 11.1 Å². The van der Waals surface area contributed by atoms with Crippen molar-refractivity contribution in [1.82, 2.24) is 0 Å². The van der Waals surface area contributed by atoms with E-state index in [1.165, 1.54) is 6.07 Å². The Hall–Kier alpha value is -3.60. The van der Waals surface area contributed by atoms with Gasteiger partial charge < -0.3 is 9.84 Å². The monoisotopic (exact) mass is 427 g/mol. The fourth-order valence-electron chi connectivity index (χ4n) is 3.65. The number of aryl methyl sites for hydroxylation is 1. The van der Waals surface area contributed by atoms with Gasteiger partial charge in [0.1, 0.15) is 17.3 Å². The van der Waals surface area contributed by atoms with Crippen LogP contribution in [0.4, 0.5) is 4.39 Å². The average Bonchev–Trinajstić information content (AvgIpc) is 2.73. The molecular weight excluding hydrogens is 402 g/mol. The van der Waals surface area contributed by atoms with E-state index >= 15 is 0 Å². The van der Waals surface area contributed by atoms with Gasteiger partial charge in [-0.25, -0.2) is 9.18 Å². The van der Waals surface area contributed by atoms with Crippen molar-refractivity contribution in [1.29, 1.82) is 0 Å². The second-order valence-electron chi connectivity index (χ2n) is 7.74. The summed E-state index contributed by atoms with van der Waals surface area (Å²) in [7, 11) is 1.74. The number of aromatic carboxylic acids is 1. The molecule has 1 radical (unpaired) electrons. The van der Waals surface area contributed by atoms with E-state index in [0.29, 0.717) is 22.5 Å². The third-order valence-corrected chi connectivity index (χ3v) is 5.22. The van der Waals surface area contributed by atoms with E-state index in [1.807, 2.05) is 63.3 Å². The van der Waals surface area contributed by atoms with Gasteiger partial charge in [-0.1, -0.05) is 68.0 Å². The summed E-state index contributed by atoms with van der Waals surface area (Å²) in [5.74, 6) is -1.06. The summed E-state index contributed by atoms with van der Waals surface area (Å²) in [5, 5.41) is 9.46. The molecule has 3 rings (SSSR count). The number of benzene rings is 2. The number of hydrogen-bond acceptors (Lipinski definition) is 2. The van der Waals surface area contributed by atoms with Crippen molar-refractivity contribution in [3.8, 4) is 5.75 Å². The molecule has 5 heteroatoms. The average molecular weight is 427 g/mol. The minimum atomic E-state index is -1.30. The van der Waals surface area contributed by atoms with Gasteiger partial charge in [0.2, 0.25) is 0 Å². The summed E-state index contributed by atoms with van der Waals surface area (Å²) < 4.78 is 20.4. The van der Waals surface area contributed by atoms with Crippen LogP contribution in [-0.4, -0.2) is 18.4 Å². The zero-order valence-corrected chi connectivity index (χ0v) is 18.5. The molecule has 0 fully saturated rings. The number of ether oxygens (including phenoxy) is 1. The maximum Gasteiger partial charge on any atom is 0.338 e. The molecular formula is C27H25BFO3. The van der Waals surface area contributed by atoms with Gasteiger partial charge in [0.05, 0.1) is 5.56 Å². The molecule has 0 aromatic heterocycles. The second kappa shape index (κ2) is 9.69. The molecule has 1 atom stereocenters. The molecule has 0 bridgehead atoms. The van der Waals surface area contributed by atoms with Gasteiger partial charge in [-0.15, -0.1) is 0 Å². The summed E-state index contributed by atoms with van der Waals surface area (Å²) in [5.41, 5.74) is 4.24. The number of halogens is 1. The van der Waals surface area contributed by atoms with E-state index in [0.717, 1.165) is 28.3 Å².